The van der Waals surface area contributed by atoms with Crippen molar-refractivity contribution in [3.05, 3.63) is 22.4 Å². The van der Waals surface area contributed by atoms with Crippen LogP contribution >= 0.6 is 11.3 Å². The number of aliphatic carboxylic acids is 1. The van der Waals surface area contributed by atoms with Gasteiger partial charge in [-0.05, 0) is 31.3 Å². The van der Waals surface area contributed by atoms with Gasteiger partial charge >= 0.3 is 5.97 Å². The van der Waals surface area contributed by atoms with Gasteiger partial charge in [-0.25, -0.2) is 0 Å². The Balaban J connectivity index is 2.09. The third-order valence-corrected chi connectivity index (χ3v) is 4.91. The van der Waals surface area contributed by atoms with Crippen LogP contribution in [0.1, 0.15) is 43.4 Å². The molecule has 2 rings (SSSR count). The van der Waals surface area contributed by atoms with E-state index < -0.39 is 5.97 Å². The smallest absolute Gasteiger partial charge is 0.305 e. The van der Waals surface area contributed by atoms with Gasteiger partial charge in [-0.3, -0.25) is 9.69 Å². The summed E-state index contributed by atoms with van der Waals surface area (Å²) in [7, 11) is 2.08. The Morgan fingerprint density at radius 3 is 2.72 bits per heavy atom. The summed E-state index contributed by atoms with van der Waals surface area (Å²) < 4.78 is 0. The van der Waals surface area contributed by atoms with E-state index in [-0.39, 0.29) is 12.0 Å². The van der Waals surface area contributed by atoms with Gasteiger partial charge in [-0.15, -0.1) is 11.3 Å². The highest BCUT2D eigenvalue weighted by molar-refractivity contribution is 7.09. The molecular formula is C14H21NO2S. The summed E-state index contributed by atoms with van der Waals surface area (Å²) in [6.45, 7) is 0.866. The van der Waals surface area contributed by atoms with Gasteiger partial charge < -0.3 is 5.11 Å². The maximum absolute atomic E-state index is 11.2. The molecule has 0 unspecified atom stereocenters. The highest BCUT2D eigenvalue weighted by Gasteiger charge is 2.38. The van der Waals surface area contributed by atoms with Crippen molar-refractivity contribution < 1.29 is 9.90 Å². The van der Waals surface area contributed by atoms with Crippen LogP contribution in [0.2, 0.25) is 0 Å². The van der Waals surface area contributed by atoms with Crippen molar-refractivity contribution in [1.29, 1.82) is 0 Å². The Morgan fingerprint density at radius 2 is 2.17 bits per heavy atom. The molecule has 0 amide bonds. The minimum Gasteiger partial charge on any atom is -0.481 e. The van der Waals surface area contributed by atoms with E-state index in [9.17, 15) is 9.90 Å². The first-order valence-electron chi connectivity index (χ1n) is 6.58. The first-order valence-corrected chi connectivity index (χ1v) is 7.46. The van der Waals surface area contributed by atoms with Crippen molar-refractivity contribution in [3.8, 4) is 0 Å². The summed E-state index contributed by atoms with van der Waals surface area (Å²) in [6.07, 6.45) is 5.86. The molecule has 1 aromatic rings. The number of carbonyl (C=O) groups is 1. The summed E-state index contributed by atoms with van der Waals surface area (Å²) in [5.74, 6) is -0.671. The van der Waals surface area contributed by atoms with Crippen LogP contribution in [0.15, 0.2) is 17.5 Å². The fourth-order valence-corrected chi connectivity index (χ4v) is 3.75. The van der Waals surface area contributed by atoms with E-state index in [1.165, 1.54) is 11.3 Å². The van der Waals surface area contributed by atoms with Gasteiger partial charge in [0.2, 0.25) is 0 Å². The highest BCUT2D eigenvalue weighted by atomic mass is 32.1. The van der Waals surface area contributed by atoms with Crippen molar-refractivity contribution in [2.75, 3.05) is 7.05 Å². The van der Waals surface area contributed by atoms with Gasteiger partial charge in [-0.2, -0.15) is 0 Å². The lowest BCUT2D eigenvalue weighted by molar-refractivity contribution is -0.141. The molecule has 1 N–H and O–H groups in total. The molecule has 0 aliphatic heterocycles. The first-order chi connectivity index (χ1) is 8.62. The molecule has 1 aliphatic carbocycles. The van der Waals surface area contributed by atoms with Crippen LogP contribution in [0.3, 0.4) is 0 Å². The Morgan fingerprint density at radius 1 is 1.44 bits per heavy atom. The van der Waals surface area contributed by atoms with Crippen LogP contribution in [0.4, 0.5) is 0 Å². The van der Waals surface area contributed by atoms with Gasteiger partial charge in [0.05, 0.1) is 6.42 Å². The van der Waals surface area contributed by atoms with Crippen LogP contribution in [0.25, 0.3) is 0 Å². The largest absolute Gasteiger partial charge is 0.481 e. The minimum atomic E-state index is -0.671. The fourth-order valence-electron chi connectivity index (χ4n) is 2.99. The van der Waals surface area contributed by atoms with E-state index in [1.54, 1.807) is 11.3 Å². The minimum absolute atomic E-state index is 0.131. The second kappa shape index (κ2) is 5.85. The van der Waals surface area contributed by atoms with Gasteiger partial charge in [0, 0.05) is 17.0 Å². The molecule has 1 fully saturated rings. The number of carboxylic acid groups (broad SMARTS) is 1. The van der Waals surface area contributed by atoms with Crippen molar-refractivity contribution in [2.24, 2.45) is 0 Å². The average Bonchev–Trinajstić information content (AvgIpc) is 2.82. The van der Waals surface area contributed by atoms with E-state index in [4.69, 9.17) is 0 Å². The number of nitrogens with zero attached hydrogens (tertiary/aromatic N) is 1. The molecule has 4 heteroatoms. The molecule has 0 aromatic carbocycles. The zero-order valence-electron chi connectivity index (χ0n) is 10.9. The Hall–Kier alpha value is -0.870. The fraction of sp³-hybridized carbons (Fsp3) is 0.643. The molecule has 100 valence electrons. The second-order valence-electron chi connectivity index (χ2n) is 5.29. The second-order valence-corrected chi connectivity index (χ2v) is 6.32. The number of hydrogen-bond donors (Lipinski definition) is 1. The van der Waals surface area contributed by atoms with Gasteiger partial charge in [0.25, 0.3) is 0 Å². The van der Waals surface area contributed by atoms with Crippen LogP contribution in [0, 0.1) is 0 Å². The summed E-state index contributed by atoms with van der Waals surface area (Å²) in [6, 6.07) is 4.18. The van der Waals surface area contributed by atoms with Crippen LogP contribution in [-0.4, -0.2) is 28.6 Å². The molecule has 18 heavy (non-hydrogen) atoms. The lowest BCUT2D eigenvalue weighted by Crippen LogP contribution is -2.48. The molecule has 3 nitrogen and oxygen atoms in total. The highest BCUT2D eigenvalue weighted by Crippen LogP contribution is 2.36. The van der Waals surface area contributed by atoms with Gasteiger partial charge in [0.15, 0.2) is 0 Å². The quantitative estimate of drug-likeness (QED) is 0.889. The molecular weight excluding hydrogens is 246 g/mol. The summed E-state index contributed by atoms with van der Waals surface area (Å²) in [5.41, 5.74) is -0.131. The average molecular weight is 267 g/mol. The zero-order valence-corrected chi connectivity index (χ0v) is 11.7. The monoisotopic (exact) mass is 267 g/mol. The van der Waals surface area contributed by atoms with E-state index >= 15 is 0 Å². The van der Waals surface area contributed by atoms with Gasteiger partial charge in [0.1, 0.15) is 0 Å². The number of rotatable bonds is 5. The molecule has 1 aliphatic rings. The predicted molar refractivity (Wildman–Crippen MR) is 73.9 cm³/mol. The maximum atomic E-state index is 11.2. The Labute approximate surface area is 112 Å². The van der Waals surface area contributed by atoms with E-state index in [1.807, 2.05) is 0 Å². The third-order valence-electron chi connectivity index (χ3n) is 4.05. The Kier molecular flexibility index (Phi) is 4.40. The van der Waals surface area contributed by atoms with E-state index in [0.29, 0.717) is 0 Å². The lowest BCUT2D eigenvalue weighted by Gasteiger charge is -2.43. The molecule has 1 heterocycles. The number of carboxylic acids is 1. The van der Waals surface area contributed by atoms with Crippen molar-refractivity contribution in [1.82, 2.24) is 4.90 Å². The van der Waals surface area contributed by atoms with Crippen LogP contribution in [-0.2, 0) is 11.3 Å². The normalized spacial score (nSPS) is 19.0. The lowest BCUT2D eigenvalue weighted by atomic mass is 9.78. The maximum Gasteiger partial charge on any atom is 0.305 e. The van der Waals surface area contributed by atoms with E-state index in [2.05, 4.69) is 29.5 Å². The van der Waals surface area contributed by atoms with Crippen LogP contribution in [0.5, 0.6) is 0 Å². The van der Waals surface area contributed by atoms with Crippen molar-refractivity contribution in [3.63, 3.8) is 0 Å². The van der Waals surface area contributed by atoms with Gasteiger partial charge in [-0.1, -0.05) is 25.3 Å². The number of thiophene rings is 1. The first kappa shape index (κ1) is 13.6. The molecule has 1 saturated carbocycles. The summed E-state index contributed by atoms with van der Waals surface area (Å²) in [4.78, 5) is 14.7. The summed E-state index contributed by atoms with van der Waals surface area (Å²) in [5, 5.41) is 11.3. The predicted octanol–water partition coefficient (Wildman–Crippen LogP) is 3.36. The molecule has 0 saturated heterocycles. The standard InChI is InChI=1S/C14H21NO2S/c1-15(11-12-6-5-9-18-12)14(10-13(16)17)7-3-2-4-8-14/h5-6,9H,2-4,7-8,10-11H2,1H3,(H,16,17). The van der Waals surface area contributed by atoms with Crippen molar-refractivity contribution in [2.45, 2.75) is 50.6 Å². The third kappa shape index (κ3) is 3.12. The molecule has 0 radical (unpaired) electrons. The molecule has 1 aromatic heterocycles. The van der Waals surface area contributed by atoms with E-state index in [0.717, 1.165) is 32.2 Å². The topological polar surface area (TPSA) is 40.5 Å². The molecule has 0 bridgehead atoms. The zero-order chi connectivity index (χ0) is 13.0. The number of hydrogen-bond acceptors (Lipinski definition) is 3. The summed E-state index contributed by atoms with van der Waals surface area (Å²) >= 11 is 1.74. The Bertz CT molecular complexity index is 383. The molecule has 0 atom stereocenters. The SMILES string of the molecule is CN(Cc1cccs1)C1(CC(=O)O)CCCCC1. The van der Waals surface area contributed by atoms with Crippen molar-refractivity contribution >= 4 is 17.3 Å². The molecule has 0 spiro atoms. The van der Waals surface area contributed by atoms with Crippen LogP contribution < -0.4 is 0 Å².